The molecule has 0 aliphatic carbocycles. The SMILES string of the molecule is CC(C)CC(CC(=O)O)C(=O)NCCC(=O)N[C@@H](C)C(=O)O. The molecular formula is C14H24N2O6. The molecule has 4 N–H and O–H groups in total. The summed E-state index contributed by atoms with van der Waals surface area (Å²) >= 11 is 0. The Morgan fingerprint density at radius 2 is 1.64 bits per heavy atom. The van der Waals surface area contributed by atoms with Crippen molar-refractivity contribution in [2.24, 2.45) is 11.8 Å². The van der Waals surface area contributed by atoms with Crippen molar-refractivity contribution in [2.45, 2.75) is 46.1 Å². The fraction of sp³-hybridized carbons (Fsp3) is 0.714. The first-order chi connectivity index (χ1) is 10.1. The van der Waals surface area contributed by atoms with Gasteiger partial charge >= 0.3 is 11.9 Å². The van der Waals surface area contributed by atoms with Crippen LogP contribution in [0.2, 0.25) is 0 Å². The van der Waals surface area contributed by atoms with E-state index in [0.717, 1.165) is 0 Å². The quantitative estimate of drug-likeness (QED) is 0.455. The van der Waals surface area contributed by atoms with Crippen LogP contribution in [0, 0.1) is 11.8 Å². The number of amides is 2. The fourth-order valence-electron chi connectivity index (χ4n) is 1.88. The van der Waals surface area contributed by atoms with Crippen molar-refractivity contribution in [3.8, 4) is 0 Å². The molecule has 0 radical (unpaired) electrons. The van der Waals surface area contributed by atoms with Gasteiger partial charge in [-0.1, -0.05) is 13.8 Å². The maximum atomic E-state index is 11.9. The normalized spacial score (nSPS) is 13.3. The largest absolute Gasteiger partial charge is 0.481 e. The van der Waals surface area contributed by atoms with Crippen molar-refractivity contribution in [1.29, 1.82) is 0 Å². The summed E-state index contributed by atoms with van der Waals surface area (Å²) < 4.78 is 0. The van der Waals surface area contributed by atoms with Crippen LogP contribution >= 0.6 is 0 Å². The van der Waals surface area contributed by atoms with Crippen LogP contribution in [0.5, 0.6) is 0 Å². The second kappa shape index (κ2) is 9.75. The lowest BCUT2D eigenvalue weighted by atomic mass is 9.93. The summed E-state index contributed by atoms with van der Waals surface area (Å²) in [4.78, 5) is 44.7. The number of aliphatic carboxylic acids is 2. The Labute approximate surface area is 129 Å². The zero-order valence-corrected chi connectivity index (χ0v) is 13.1. The van der Waals surface area contributed by atoms with Crippen LogP contribution < -0.4 is 10.6 Å². The topological polar surface area (TPSA) is 133 Å². The van der Waals surface area contributed by atoms with Gasteiger partial charge in [-0.2, -0.15) is 0 Å². The highest BCUT2D eigenvalue weighted by molar-refractivity contribution is 5.85. The Morgan fingerprint density at radius 3 is 2.09 bits per heavy atom. The maximum absolute atomic E-state index is 11.9. The minimum absolute atomic E-state index is 0.0330. The molecule has 0 aromatic heterocycles. The van der Waals surface area contributed by atoms with Crippen LogP contribution in [0.25, 0.3) is 0 Å². The standard InChI is InChI=1S/C14H24N2O6/c1-8(2)6-10(7-12(18)19)13(20)15-5-4-11(17)16-9(3)14(21)22/h8-10H,4-7H2,1-3H3,(H,15,20)(H,16,17)(H,18,19)(H,21,22)/t9-,10?/m0/s1. The van der Waals surface area contributed by atoms with Crippen LogP contribution in [-0.4, -0.2) is 46.6 Å². The van der Waals surface area contributed by atoms with Crippen LogP contribution in [0.3, 0.4) is 0 Å². The first kappa shape index (κ1) is 19.9. The lowest BCUT2D eigenvalue weighted by Gasteiger charge is -2.17. The van der Waals surface area contributed by atoms with Crippen LogP contribution in [0.1, 0.15) is 40.0 Å². The summed E-state index contributed by atoms with van der Waals surface area (Å²) in [7, 11) is 0. The van der Waals surface area contributed by atoms with Crippen molar-refractivity contribution in [3.63, 3.8) is 0 Å². The number of carbonyl (C=O) groups excluding carboxylic acids is 2. The van der Waals surface area contributed by atoms with Gasteiger partial charge in [-0.15, -0.1) is 0 Å². The highest BCUT2D eigenvalue weighted by Gasteiger charge is 2.22. The van der Waals surface area contributed by atoms with Crippen molar-refractivity contribution in [2.75, 3.05) is 6.54 Å². The average Bonchev–Trinajstić information content (AvgIpc) is 2.36. The second-order valence-corrected chi connectivity index (χ2v) is 5.59. The molecule has 8 heteroatoms. The summed E-state index contributed by atoms with van der Waals surface area (Å²) in [5.41, 5.74) is 0. The van der Waals surface area contributed by atoms with E-state index in [4.69, 9.17) is 10.2 Å². The predicted octanol–water partition coefficient (Wildman–Crippen LogP) is 0.219. The van der Waals surface area contributed by atoms with Crippen molar-refractivity contribution in [3.05, 3.63) is 0 Å². The molecule has 0 bridgehead atoms. The third-order valence-electron chi connectivity index (χ3n) is 2.95. The molecule has 0 spiro atoms. The number of nitrogens with one attached hydrogen (secondary N) is 2. The maximum Gasteiger partial charge on any atom is 0.325 e. The number of hydrogen-bond donors (Lipinski definition) is 4. The lowest BCUT2D eigenvalue weighted by molar-refractivity contribution is -0.141. The van der Waals surface area contributed by atoms with Gasteiger partial charge in [0.2, 0.25) is 11.8 Å². The van der Waals surface area contributed by atoms with Gasteiger partial charge < -0.3 is 20.8 Å². The van der Waals surface area contributed by atoms with Crippen LogP contribution in [0.4, 0.5) is 0 Å². The molecule has 0 saturated carbocycles. The fourth-order valence-corrected chi connectivity index (χ4v) is 1.88. The van der Waals surface area contributed by atoms with Gasteiger partial charge in [-0.05, 0) is 19.3 Å². The molecule has 0 aromatic carbocycles. The van der Waals surface area contributed by atoms with Crippen LogP contribution in [-0.2, 0) is 19.2 Å². The smallest absolute Gasteiger partial charge is 0.325 e. The zero-order chi connectivity index (χ0) is 17.3. The van der Waals surface area contributed by atoms with Crippen molar-refractivity contribution in [1.82, 2.24) is 10.6 Å². The minimum Gasteiger partial charge on any atom is -0.481 e. The molecule has 8 nitrogen and oxygen atoms in total. The van der Waals surface area contributed by atoms with Gasteiger partial charge in [0.05, 0.1) is 6.42 Å². The van der Waals surface area contributed by atoms with Crippen LogP contribution in [0.15, 0.2) is 0 Å². The summed E-state index contributed by atoms with van der Waals surface area (Å²) in [5, 5.41) is 22.2. The van der Waals surface area contributed by atoms with E-state index in [0.29, 0.717) is 6.42 Å². The van der Waals surface area contributed by atoms with Gasteiger partial charge in [0, 0.05) is 18.9 Å². The second-order valence-electron chi connectivity index (χ2n) is 5.59. The Balaban J connectivity index is 4.25. The lowest BCUT2D eigenvalue weighted by Crippen LogP contribution is -2.40. The van der Waals surface area contributed by atoms with E-state index in [2.05, 4.69) is 10.6 Å². The Morgan fingerprint density at radius 1 is 1.05 bits per heavy atom. The third kappa shape index (κ3) is 8.93. The summed E-state index contributed by atoms with van der Waals surface area (Å²) in [6.45, 7) is 5.15. The highest BCUT2D eigenvalue weighted by atomic mass is 16.4. The van der Waals surface area contributed by atoms with E-state index in [1.54, 1.807) is 0 Å². The van der Waals surface area contributed by atoms with E-state index in [9.17, 15) is 19.2 Å². The highest BCUT2D eigenvalue weighted by Crippen LogP contribution is 2.15. The number of carboxylic acids is 2. The molecule has 1 unspecified atom stereocenters. The number of carbonyl (C=O) groups is 4. The first-order valence-electron chi connectivity index (χ1n) is 7.15. The molecule has 22 heavy (non-hydrogen) atoms. The number of hydrogen-bond acceptors (Lipinski definition) is 4. The van der Waals surface area contributed by atoms with E-state index in [1.807, 2.05) is 13.8 Å². The Bertz CT molecular complexity index is 422. The Hall–Kier alpha value is -2.12. The molecule has 0 aromatic rings. The van der Waals surface area contributed by atoms with E-state index in [-0.39, 0.29) is 25.3 Å². The van der Waals surface area contributed by atoms with Gasteiger partial charge in [0.15, 0.2) is 0 Å². The van der Waals surface area contributed by atoms with E-state index in [1.165, 1.54) is 6.92 Å². The van der Waals surface area contributed by atoms with E-state index < -0.39 is 35.7 Å². The molecule has 2 atom stereocenters. The molecule has 2 amide bonds. The van der Waals surface area contributed by atoms with E-state index >= 15 is 0 Å². The molecule has 0 saturated heterocycles. The van der Waals surface area contributed by atoms with Gasteiger partial charge in [0.1, 0.15) is 6.04 Å². The van der Waals surface area contributed by atoms with Crippen molar-refractivity contribution >= 4 is 23.8 Å². The number of carboxylic acid groups (broad SMARTS) is 2. The molecule has 0 aliphatic heterocycles. The zero-order valence-electron chi connectivity index (χ0n) is 13.1. The molecule has 0 rings (SSSR count). The van der Waals surface area contributed by atoms with Crippen molar-refractivity contribution < 1.29 is 29.4 Å². The van der Waals surface area contributed by atoms with Gasteiger partial charge in [0.25, 0.3) is 0 Å². The predicted molar refractivity (Wildman–Crippen MR) is 78.1 cm³/mol. The molecule has 0 heterocycles. The molecular weight excluding hydrogens is 292 g/mol. The third-order valence-corrected chi connectivity index (χ3v) is 2.95. The molecule has 0 aliphatic rings. The minimum atomic E-state index is -1.14. The average molecular weight is 316 g/mol. The van der Waals surface area contributed by atoms with Gasteiger partial charge in [-0.3, -0.25) is 19.2 Å². The first-order valence-corrected chi connectivity index (χ1v) is 7.15. The van der Waals surface area contributed by atoms with Gasteiger partial charge in [-0.25, -0.2) is 0 Å². The summed E-state index contributed by atoms with van der Waals surface area (Å²) in [6, 6.07) is -0.996. The Kier molecular flexibility index (Phi) is 8.81. The molecule has 126 valence electrons. The molecule has 0 fully saturated rings. The summed E-state index contributed by atoms with van der Waals surface area (Å²) in [6.07, 6.45) is 0.122. The number of rotatable bonds is 10. The monoisotopic (exact) mass is 316 g/mol. The summed E-state index contributed by atoms with van der Waals surface area (Å²) in [5.74, 6) is -3.55.